The van der Waals surface area contributed by atoms with E-state index in [1.165, 1.54) is 7.11 Å². The average molecular weight is 735 g/mol. The molecule has 3 aromatic carbocycles. The van der Waals surface area contributed by atoms with Crippen LogP contribution < -0.4 is 5.69 Å². The lowest BCUT2D eigenvalue weighted by atomic mass is 9.84. The number of imidazole rings is 1. The molecular formula is C36H40Cl4N4O4. The number of halogens is 4. The summed E-state index contributed by atoms with van der Waals surface area (Å²) in [6, 6.07) is 18.5. The van der Waals surface area contributed by atoms with E-state index in [4.69, 9.17) is 56.0 Å². The zero-order chi connectivity index (χ0) is 34.4. The number of rotatable bonds is 14. The number of oxime groups is 1. The van der Waals surface area contributed by atoms with Crippen molar-refractivity contribution >= 4 is 68.9 Å². The Morgan fingerprint density at radius 2 is 1.60 bits per heavy atom. The summed E-state index contributed by atoms with van der Waals surface area (Å²) in [7, 11) is 3.15. The molecule has 2 atom stereocenters. The predicted molar refractivity (Wildman–Crippen MR) is 196 cm³/mol. The van der Waals surface area contributed by atoms with Crippen molar-refractivity contribution in [3.8, 4) is 0 Å². The van der Waals surface area contributed by atoms with Gasteiger partial charge in [-0.1, -0.05) is 76.7 Å². The number of hydrogen-bond donors (Lipinski definition) is 0. The summed E-state index contributed by atoms with van der Waals surface area (Å²) < 4.78 is 9.05. The van der Waals surface area contributed by atoms with Crippen LogP contribution >= 0.6 is 46.4 Å². The Balaban J connectivity index is 1.32. The number of methoxy groups -OCH3 is 1. The van der Waals surface area contributed by atoms with Gasteiger partial charge in [0.1, 0.15) is 7.11 Å². The molecule has 5 rings (SSSR count). The minimum Gasteiger partial charge on any atom is -0.399 e. The van der Waals surface area contributed by atoms with E-state index >= 15 is 0 Å². The van der Waals surface area contributed by atoms with Crippen molar-refractivity contribution in [1.29, 1.82) is 0 Å². The van der Waals surface area contributed by atoms with E-state index in [1.54, 1.807) is 31.4 Å². The number of fused-ring (bicyclic) bond motifs is 1. The first-order chi connectivity index (χ1) is 23.1. The van der Waals surface area contributed by atoms with Crippen LogP contribution in [0.5, 0.6) is 0 Å². The number of ketones is 1. The summed E-state index contributed by atoms with van der Waals surface area (Å²) in [5.74, 6) is -0.687. The minimum atomic E-state index is -0.418. The van der Waals surface area contributed by atoms with Crippen LogP contribution in [0.3, 0.4) is 0 Å². The fourth-order valence-corrected chi connectivity index (χ4v) is 7.53. The van der Waals surface area contributed by atoms with Crippen LogP contribution in [0.4, 0.5) is 0 Å². The first-order valence-electron chi connectivity index (χ1n) is 16.1. The van der Waals surface area contributed by atoms with Gasteiger partial charge in [0.2, 0.25) is 0 Å². The van der Waals surface area contributed by atoms with Crippen molar-refractivity contribution in [3.05, 3.63) is 102 Å². The Morgan fingerprint density at radius 1 is 0.917 bits per heavy atom. The molecule has 1 aliphatic rings. The highest BCUT2D eigenvalue weighted by Gasteiger charge is 2.29. The number of nitrogens with zero attached hydrogens (tertiary/aromatic N) is 4. The number of likely N-dealkylation sites (tertiary alicyclic amines) is 1. The highest BCUT2D eigenvalue weighted by atomic mass is 35.5. The van der Waals surface area contributed by atoms with Crippen LogP contribution in [0.25, 0.3) is 11.0 Å². The molecule has 0 aliphatic carbocycles. The Hall–Kier alpha value is -2.85. The van der Waals surface area contributed by atoms with Gasteiger partial charge >= 0.3 is 5.69 Å². The van der Waals surface area contributed by atoms with Gasteiger partial charge in [-0.2, -0.15) is 0 Å². The summed E-state index contributed by atoms with van der Waals surface area (Å²) in [6.45, 7) is 5.31. The molecule has 8 nitrogen and oxygen atoms in total. The van der Waals surface area contributed by atoms with E-state index in [2.05, 4.69) is 10.1 Å². The Kier molecular flexibility index (Phi) is 12.7. The number of Topliss-reactive ketones (excluding diaryl/α,β-unsaturated/α-hetero) is 1. The summed E-state index contributed by atoms with van der Waals surface area (Å²) in [4.78, 5) is 34.8. The quantitative estimate of drug-likeness (QED) is 0.0736. The zero-order valence-electron chi connectivity index (χ0n) is 27.3. The molecule has 2 heterocycles. The Morgan fingerprint density at radius 3 is 2.25 bits per heavy atom. The molecule has 48 heavy (non-hydrogen) atoms. The lowest BCUT2D eigenvalue weighted by Crippen LogP contribution is -2.39. The topological polar surface area (TPSA) is 78.1 Å². The maximum atomic E-state index is 13.6. The fraction of sp³-hybridized carbons (Fsp3) is 0.417. The van der Waals surface area contributed by atoms with E-state index in [1.807, 2.05) is 52.5 Å². The van der Waals surface area contributed by atoms with Gasteiger partial charge in [0.25, 0.3) is 0 Å². The molecule has 1 saturated heterocycles. The fourth-order valence-electron chi connectivity index (χ4n) is 6.70. The molecule has 256 valence electrons. The second-order valence-electron chi connectivity index (χ2n) is 12.3. The van der Waals surface area contributed by atoms with Crippen LogP contribution in [-0.2, 0) is 16.1 Å². The van der Waals surface area contributed by atoms with Gasteiger partial charge in [-0.25, -0.2) is 4.79 Å². The van der Waals surface area contributed by atoms with E-state index in [-0.39, 0.29) is 23.4 Å². The van der Waals surface area contributed by atoms with E-state index < -0.39 is 5.92 Å². The SMILES string of the molecule is COCCn1c(=O)n(C2CCN(CC[C@@H](/C(CC(C)C(=O)c3cc(Cl)cc(Cl)c3)=N\OC)c3ccc(Cl)c(Cl)c3)CC2)c2ccccc21. The first-order valence-corrected chi connectivity index (χ1v) is 17.6. The zero-order valence-corrected chi connectivity index (χ0v) is 30.3. The molecule has 0 radical (unpaired) electrons. The average Bonchev–Trinajstić information content (AvgIpc) is 3.35. The molecule has 1 fully saturated rings. The third-order valence-electron chi connectivity index (χ3n) is 9.11. The lowest BCUT2D eigenvalue weighted by molar-refractivity contribution is 0.0932. The molecule has 0 bridgehead atoms. The molecule has 4 aromatic rings. The van der Waals surface area contributed by atoms with Crippen molar-refractivity contribution in [1.82, 2.24) is 14.0 Å². The molecule has 0 spiro atoms. The number of para-hydroxylation sites is 2. The van der Waals surface area contributed by atoms with Crippen LogP contribution in [0.1, 0.15) is 60.5 Å². The van der Waals surface area contributed by atoms with Gasteiger partial charge in [-0.05, 0) is 80.3 Å². The molecule has 1 unspecified atom stereocenters. The standard InChI is InChI=1S/C36H40Cl4N4O4/c1-23(35(45)25-19-26(37)22-27(38)20-25)18-32(41-48-3)29(24-8-9-30(39)31(40)21-24)12-15-42-13-10-28(11-14-42)44-34-7-5-4-6-33(34)43(36(44)46)16-17-47-2/h4-9,19-23,28-29H,10-18H2,1-3H3/b41-32-/t23?,29-/m1/s1. The number of carbonyl (C=O) groups excluding carboxylic acids is 1. The smallest absolute Gasteiger partial charge is 0.329 e. The van der Waals surface area contributed by atoms with Crippen molar-refractivity contribution in [2.75, 3.05) is 40.5 Å². The molecular weight excluding hydrogens is 694 g/mol. The van der Waals surface area contributed by atoms with Crippen LogP contribution in [0.2, 0.25) is 20.1 Å². The third kappa shape index (κ3) is 8.47. The molecule has 0 amide bonds. The third-order valence-corrected chi connectivity index (χ3v) is 10.3. The van der Waals surface area contributed by atoms with Crippen LogP contribution in [-0.4, -0.2) is 66.0 Å². The molecule has 0 saturated carbocycles. The highest BCUT2D eigenvalue weighted by Crippen LogP contribution is 2.33. The highest BCUT2D eigenvalue weighted by molar-refractivity contribution is 6.42. The number of carbonyl (C=O) groups is 1. The number of piperidine rings is 1. The number of hydrogen-bond acceptors (Lipinski definition) is 6. The van der Waals surface area contributed by atoms with Crippen molar-refractivity contribution < 1.29 is 14.4 Å². The molecule has 0 N–H and O–H groups in total. The van der Waals surface area contributed by atoms with Gasteiger partial charge in [-0.15, -0.1) is 0 Å². The number of benzene rings is 3. The van der Waals surface area contributed by atoms with Gasteiger partial charge in [-0.3, -0.25) is 13.9 Å². The van der Waals surface area contributed by atoms with Gasteiger partial charge in [0.15, 0.2) is 5.78 Å². The van der Waals surface area contributed by atoms with E-state index in [9.17, 15) is 9.59 Å². The van der Waals surface area contributed by atoms with Crippen molar-refractivity contribution in [2.45, 2.75) is 51.1 Å². The van der Waals surface area contributed by atoms with Gasteiger partial charge in [0, 0.05) is 53.7 Å². The van der Waals surface area contributed by atoms with E-state index in [0.29, 0.717) is 51.6 Å². The maximum absolute atomic E-state index is 13.6. The van der Waals surface area contributed by atoms with Gasteiger partial charge < -0.3 is 14.5 Å². The summed E-state index contributed by atoms with van der Waals surface area (Å²) >= 11 is 25.2. The van der Waals surface area contributed by atoms with Crippen molar-refractivity contribution in [3.63, 3.8) is 0 Å². The summed E-state index contributed by atoms with van der Waals surface area (Å²) in [5, 5.41) is 6.17. The Bertz CT molecular complexity index is 1810. The lowest BCUT2D eigenvalue weighted by Gasteiger charge is -2.33. The Labute approximate surface area is 301 Å². The molecule has 12 heteroatoms. The van der Waals surface area contributed by atoms with Crippen LogP contribution in [0, 0.1) is 5.92 Å². The number of aromatic nitrogens is 2. The second kappa shape index (κ2) is 16.7. The second-order valence-corrected chi connectivity index (χ2v) is 14.0. The molecule has 1 aromatic heterocycles. The first kappa shape index (κ1) is 36.4. The van der Waals surface area contributed by atoms with Gasteiger partial charge in [0.05, 0.1) is 39.9 Å². The van der Waals surface area contributed by atoms with Crippen molar-refractivity contribution in [2.24, 2.45) is 11.1 Å². The largest absolute Gasteiger partial charge is 0.399 e. The number of ether oxygens (including phenoxy) is 1. The normalized spacial score (nSPS) is 15.9. The summed E-state index contributed by atoms with van der Waals surface area (Å²) in [5.41, 5.74) is 4.02. The van der Waals surface area contributed by atoms with Crippen LogP contribution in [0.15, 0.2) is 70.6 Å². The molecule has 1 aliphatic heterocycles. The van der Waals surface area contributed by atoms with E-state index in [0.717, 1.165) is 54.8 Å². The summed E-state index contributed by atoms with van der Waals surface area (Å²) in [6.07, 6.45) is 2.77. The predicted octanol–water partition coefficient (Wildman–Crippen LogP) is 8.79. The minimum absolute atomic E-state index is 0.00973. The monoisotopic (exact) mass is 732 g/mol. The maximum Gasteiger partial charge on any atom is 0.329 e.